The maximum Gasteiger partial charge on any atom is 0.317 e. The summed E-state index contributed by atoms with van der Waals surface area (Å²) in [4.78, 5) is 27.4. The van der Waals surface area contributed by atoms with Crippen LogP contribution < -0.4 is 5.32 Å². The van der Waals surface area contributed by atoms with Gasteiger partial charge in [-0.2, -0.15) is 0 Å². The van der Waals surface area contributed by atoms with Gasteiger partial charge in [0.2, 0.25) is 0 Å². The van der Waals surface area contributed by atoms with Gasteiger partial charge in [-0.05, 0) is 25.0 Å². The van der Waals surface area contributed by atoms with Gasteiger partial charge < -0.3 is 19.5 Å². The standard InChI is InChI=1S/C13H17N3O3/c17-12(11-2-1-9-19-11)15-6-3-10(4-7-15)16-8-5-14-13(16)18/h1-2,9-10H,3-8H2,(H,14,18). The average molecular weight is 263 g/mol. The van der Waals surface area contributed by atoms with Crippen LogP contribution in [0.15, 0.2) is 22.8 Å². The molecule has 1 aromatic heterocycles. The summed E-state index contributed by atoms with van der Waals surface area (Å²) in [6.45, 7) is 2.85. The van der Waals surface area contributed by atoms with E-state index in [0.717, 1.165) is 25.9 Å². The SMILES string of the molecule is O=C(c1ccco1)N1CCC(N2CCNC2=O)CC1. The van der Waals surface area contributed by atoms with Gasteiger partial charge in [-0.15, -0.1) is 0 Å². The van der Waals surface area contributed by atoms with Crippen molar-refractivity contribution in [2.45, 2.75) is 18.9 Å². The highest BCUT2D eigenvalue weighted by atomic mass is 16.3. The monoisotopic (exact) mass is 263 g/mol. The number of furan rings is 1. The van der Waals surface area contributed by atoms with Gasteiger partial charge in [-0.3, -0.25) is 4.79 Å². The van der Waals surface area contributed by atoms with E-state index in [4.69, 9.17) is 4.42 Å². The smallest absolute Gasteiger partial charge is 0.317 e. The van der Waals surface area contributed by atoms with Gasteiger partial charge in [0.15, 0.2) is 5.76 Å². The third kappa shape index (κ3) is 2.30. The van der Waals surface area contributed by atoms with Gasteiger partial charge >= 0.3 is 6.03 Å². The minimum Gasteiger partial charge on any atom is -0.459 e. The summed E-state index contributed by atoms with van der Waals surface area (Å²) in [5, 5.41) is 2.81. The molecule has 3 amide bonds. The molecule has 0 aliphatic carbocycles. The molecule has 0 spiro atoms. The number of carbonyl (C=O) groups excluding carboxylic acids is 2. The fourth-order valence-electron chi connectivity index (χ4n) is 2.77. The van der Waals surface area contributed by atoms with E-state index in [2.05, 4.69) is 5.32 Å². The first kappa shape index (κ1) is 12.1. The zero-order valence-corrected chi connectivity index (χ0v) is 10.7. The van der Waals surface area contributed by atoms with E-state index in [-0.39, 0.29) is 18.0 Å². The summed E-state index contributed by atoms with van der Waals surface area (Å²) in [6.07, 6.45) is 3.17. The maximum atomic E-state index is 12.1. The van der Waals surface area contributed by atoms with Crippen molar-refractivity contribution >= 4 is 11.9 Å². The van der Waals surface area contributed by atoms with Gasteiger partial charge in [-0.1, -0.05) is 0 Å². The van der Waals surface area contributed by atoms with Crippen molar-refractivity contribution < 1.29 is 14.0 Å². The van der Waals surface area contributed by atoms with E-state index >= 15 is 0 Å². The van der Waals surface area contributed by atoms with Crippen LogP contribution in [0, 0.1) is 0 Å². The molecule has 0 unspecified atom stereocenters. The molecular formula is C13H17N3O3. The average Bonchev–Trinajstić information content (AvgIpc) is 3.09. The zero-order valence-electron chi connectivity index (χ0n) is 10.7. The van der Waals surface area contributed by atoms with Crippen molar-refractivity contribution in [2.24, 2.45) is 0 Å². The summed E-state index contributed by atoms with van der Waals surface area (Å²) >= 11 is 0. The predicted molar refractivity (Wildman–Crippen MR) is 67.7 cm³/mol. The molecule has 0 saturated carbocycles. The summed E-state index contributed by atoms with van der Waals surface area (Å²) in [6, 6.07) is 3.68. The summed E-state index contributed by atoms with van der Waals surface area (Å²) in [7, 11) is 0. The van der Waals surface area contributed by atoms with Crippen LogP contribution in [0.1, 0.15) is 23.4 Å². The molecule has 0 bridgehead atoms. The third-order valence-electron chi connectivity index (χ3n) is 3.81. The van der Waals surface area contributed by atoms with Crippen LogP contribution in [0.25, 0.3) is 0 Å². The molecule has 102 valence electrons. The van der Waals surface area contributed by atoms with Crippen LogP contribution in [-0.4, -0.2) is 54.0 Å². The first-order chi connectivity index (χ1) is 9.25. The van der Waals surface area contributed by atoms with E-state index in [1.807, 2.05) is 4.90 Å². The molecule has 3 heterocycles. The Hall–Kier alpha value is -1.98. The zero-order chi connectivity index (χ0) is 13.2. The van der Waals surface area contributed by atoms with Gasteiger partial charge in [0.05, 0.1) is 6.26 Å². The summed E-state index contributed by atoms with van der Waals surface area (Å²) < 4.78 is 5.13. The van der Waals surface area contributed by atoms with Crippen molar-refractivity contribution in [1.29, 1.82) is 0 Å². The molecule has 2 saturated heterocycles. The van der Waals surface area contributed by atoms with Crippen LogP contribution >= 0.6 is 0 Å². The maximum absolute atomic E-state index is 12.1. The molecule has 2 aliphatic rings. The van der Waals surface area contributed by atoms with Gasteiger partial charge in [0.25, 0.3) is 5.91 Å². The van der Waals surface area contributed by atoms with Crippen molar-refractivity contribution in [3.63, 3.8) is 0 Å². The van der Waals surface area contributed by atoms with Crippen molar-refractivity contribution in [1.82, 2.24) is 15.1 Å². The molecule has 2 fully saturated rings. The van der Waals surface area contributed by atoms with E-state index in [9.17, 15) is 9.59 Å². The van der Waals surface area contributed by atoms with E-state index in [1.165, 1.54) is 6.26 Å². The molecule has 0 aromatic carbocycles. The number of nitrogens with zero attached hydrogens (tertiary/aromatic N) is 2. The number of nitrogens with one attached hydrogen (secondary N) is 1. The van der Waals surface area contributed by atoms with Crippen LogP contribution in [0.5, 0.6) is 0 Å². The van der Waals surface area contributed by atoms with Gasteiger partial charge in [0, 0.05) is 32.2 Å². The number of rotatable bonds is 2. The number of urea groups is 1. The molecule has 0 atom stereocenters. The minimum atomic E-state index is -0.0608. The van der Waals surface area contributed by atoms with Crippen LogP contribution in [-0.2, 0) is 0 Å². The molecule has 19 heavy (non-hydrogen) atoms. The molecule has 2 aliphatic heterocycles. The quantitative estimate of drug-likeness (QED) is 0.862. The summed E-state index contributed by atoms with van der Waals surface area (Å²) in [5.74, 6) is 0.326. The molecule has 1 N–H and O–H groups in total. The van der Waals surface area contributed by atoms with E-state index in [1.54, 1.807) is 17.0 Å². The van der Waals surface area contributed by atoms with Crippen molar-refractivity contribution in [3.8, 4) is 0 Å². The molecule has 0 radical (unpaired) electrons. The molecular weight excluding hydrogens is 246 g/mol. The number of hydrogen-bond donors (Lipinski definition) is 1. The van der Waals surface area contributed by atoms with Crippen LogP contribution in [0.2, 0.25) is 0 Å². The molecule has 6 heteroatoms. The highest BCUT2D eigenvalue weighted by molar-refractivity contribution is 5.91. The Morgan fingerprint density at radius 2 is 2.11 bits per heavy atom. The lowest BCUT2D eigenvalue weighted by Crippen LogP contribution is -2.47. The third-order valence-corrected chi connectivity index (χ3v) is 3.81. The largest absolute Gasteiger partial charge is 0.459 e. The Labute approximate surface area is 111 Å². The second-order valence-corrected chi connectivity index (χ2v) is 4.93. The number of carbonyl (C=O) groups is 2. The Kier molecular flexibility index (Phi) is 3.15. The Balaban J connectivity index is 1.57. The summed E-state index contributed by atoms with van der Waals surface area (Å²) in [5.41, 5.74) is 0. The second kappa shape index (κ2) is 4.95. The number of piperidine rings is 1. The number of likely N-dealkylation sites (tertiary alicyclic amines) is 1. The Morgan fingerprint density at radius 1 is 1.32 bits per heavy atom. The number of hydrogen-bond acceptors (Lipinski definition) is 3. The van der Waals surface area contributed by atoms with E-state index in [0.29, 0.717) is 18.8 Å². The lowest BCUT2D eigenvalue weighted by Gasteiger charge is -2.35. The van der Waals surface area contributed by atoms with Gasteiger partial charge in [0.1, 0.15) is 0 Å². The molecule has 6 nitrogen and oxygen atoms in total. The lowest BCUT2D eigenvalue weighted by atomic mass is 10.0. The van der Waals surface area contributed by atoms with Gasteiger partial charge in [-0.25, -0.2) is 4.79 Å². The number of amides is 3. The fourth-order valence-corrected chi connectivity index (χ4v) is 2.77. The highest BCUT2D eigenvalue weighted by Gasteiger charge is 2.32. The van der Waals surface area contributed by atoms with E-state index < -0.39 is 0 Å². The lowest BCUT2D eigenvalue weighted by molar-refractivity contribution is 0.0635. The van der Waals surface area contributed by atoms with Crippen molar-refractivity contribution in [3.05, 3.63) is 24.2 Å². The fraction of sp³-hybridized carbons (Fsp3) is 0.538. The van der Waals surface area contributed by atoms with Crippen LogP contribution in [0.3, 0.4) is 0 Å². The first-order valence-electron chi connectivity index (χ1n) is 6.63. The van der Waals surface area contributed by atoms with Crippen molar-refractivity contribution in [2.75, 3.05) is 26.2 Å². The first-order valence-corrected chi connectivity index (χ1v) is 6.63. The van der Waals surface area contributed by atoms with Crippen LogP contribution in [0.4, 0.5) is 4.79 Å². The molecule has 1 aromatic rings. The Bertz CT molecular complexity index is 463. The highest BCUT2D eigenvalue weighted by Crippen LogP contribution is 2.19. The topological polar surface area (TPSA) is 65.8 Å². The minimum absolute atomic E-state index is 0.0239. The normalized spacial score (nSPS) is 20.7. The molecule has 3 rings (SSSR count). The Morgan fingerprint density at radius 3 is 2.68 bits per heavy atom. The predicted octanol–water partition coefficient (Wildman–Crippen LogP) is 0.909. The second-order valence-electron chi connectivity index (χ2n) is 4.93.